The van der Waals surface area contributed by atoms with Crippen LogP contribution in [0.15, 0.2) is 0 Å². The molecule has 0 aliphatic heterocycles. The first kappa shape index (κ1) is 9.38. The molecule has 1 nitrogen and oxygen atoms in total. The molecule has 0 unspecified atom stereocenters. The summed E-state index contributed by atoms with van der Waals surface area (Å²) >= 11 is 0. The molecule has 0 spiro atoms. The molecule has 0 saturated heterocycles. The summed E-state index contributed by atoms with van der Waals surface area (Å²) in [5.74, 6) is 5.19. The zero-order valence-electron chi connectivity index (χ0n) is 6.08. The lowest BCUT2D eigenvalue weighted by Crippen LogP contribution is -2.15. The Morgan fingerprint density at radius 3 is 2.50 bits per heavy atom. The van der Waals surface area contributed by atoms with E-state index < -0.39 is 6.11 Å². The summed E-state index contributed by atoms with van der Waals surface area (Å²) in [7, 11) is 0. The van der Waals surface area contributed by atoms with Crippen LogP contribution in [0.4, 0.5) is 8.78 Å². The number of rotatable bonds is 3. The summed E-state index contributed by atoms with van der Waals surface area (Å²) in [4.78, 5) is 0. The number of ether oxygens (including phenoxy) is 1. The van der Waals surface area contributed by atoms with Crippen LogP contribution in [0.1, 0.15) is 20.3 Å². The highest BCUT2D eigenvalue weighted by molar-refractivity contribution is 4.94. The van der Waals surface area contributed by atoms with Crippen molar-refractivity contribution in [1.29, 1.82) is 0 Å². The summed E-state index contributed by atoms with van der Waals surface area (Å²) < 4.78 is 27.9. The minimum Gasteiger partial charge on any atom is -0.320 e. The van der Waals surface area contributed by atoms with E-state index in [2.05, 4.69) is 16.6 Å². The molecule has 0 N–H and O–H groups in total. The largest absolute Gasteiger partial charge is 0.352 e. The fourth-order valence-electron chi connectivity index (χ4n) is 0.406. The molecule has 0 atom stereocenters. The highest BCUT2D eigenvalue weighted by atomic mass is 19.3. The molecule has 0 aromatic rings. The molecule has 0 aliphatic carbocycles. The summed E-state index contributed by atoms with van der Waals surface area (Å²) in [6.07, 6.45) is -2.66. The molecule has 0 bridgehead atoms. The fourth-order valence-corrected chi connectivity index (χ4v) is 0.406. The van der Waals surface area contributed by atoms with E-state index in [9.17, 15) is 8.78 Å². The maximum atomic E-state index is 11.9. The Balaban J connectivity index is 3.26. The van der Waals surface area contributed by atoms with E-state index in [1.54, 1.807) is 6.92 Å². The van der Waals surface area contributed by atoms with Crippen LogP contribution in [0.5, 0.6) is 0 Å². The Labute approximate surface area is 59.4 Å². The normalized spacial score (nSPS) is 10.4. The SMILES string of the molecule is CC#CCCOC(C)(F)F. The zero-order chi connectivity index (χ0) is 8.04. The van der Waals surface area contributed by atoms with Gasteiger partial charge in [-0.3, -0.25) is 0 Å². The minimum atomic E-state index is -3.02. The van der Waals surface area contributed by atoms with Gasteiger partial charge in [-0.05, 0) is 6.92 Å². The van der Waals surface area contributed by atoms with Gasteiger partial charge in [-0.25, -0.2) is 0 Å². The lowest BCUT2D eigenvalue weighted by atomic mass is 10.4. The van der Waals surface area contributed by atoms with Gasteiger partial charge in [-0.1, -0.05) is 0 Å². The number of hydrogen-bond donors (Lipinski definition) is 0. The summed E-state index contributed by atoms with van der Waals surface area (Å²) in [6, 6.07) is 0. The van der Waals surface area contributed by atoms with Crippen molar-refractivity contribution in [2.75, 3.05) is 6.61 Å². The van der Waals surface area contributed by atoms with Crippen LogP contribution in [0.3, 0.4) is 0 Å². The molecule has 58 valence electrons. The van der Waals surface area contributed by atoms with Gasteiger partial charge in [-0.15, -0.1) is 11.8 Å². The van der Waals surface area contributed by atoms with Gasteiger partial charge < -0.3 is 4.74 Å². The molecule has 0 fully saturated rings. The van der Waals surface area contributed by atoms with Crippen molar-refractivity contribution >= 4 is 0 Å². The second-order valence-corrected chi connectivity index (χ2v) is 1.83. The molecular formula is C7H10F2O. The third kappa shape index (κ3) is 7.38. The third-order valence-corrected chi connectivity index (χ3v) is 0.759. The molecule has 0 radical (unpaired) electrons. The molecule has 0 aromatic carbocycles. The Bertz CT molecular complexity index is 138. The highest BCUT2D eigenvalue weighted by Gasteiger charge is 2.20. The minimum absolute atomic E-state index is 0.00958. The van der Waals surface area contributed by atoms with E-state index in [1.165, 1.54) is 0 Å². The number of alkyl halides is 2. The van der Waals surface area contributed by atoms with Crippen molar-refractivity contribution in [2.24, 2.45) is 0 Å². The Hall–Kier alpha value is -0.620. The first-order chi connectivity index (χ1) is 4.56. The molecule has 0 rings (SSSR count). The van der Waals surface area contributed by atoms with Gasteiger partial charge in [0.25, 0.3) is 0 Å². The average Bonchev–Trinajstić information content (AvgIpc) is 1.78. The van der Waals surface area contributed by atoms with Crippen LogP contribution in [-0.2, 0) is 4.74 Å². The maximum Gasteiger partial charge on any atom is 0.352 e. The smallest absolute Gasteiger partial charge is 0.320 e. The predicted molar refractivity (Wildman–Crippen MR) is 34.6 cm³/mol. The number of hydrogen-bond acceptors (Lipinski definition) is 1. The number of halogens is 2. The molecular weight excluding hydrogens is 138 g/mol. The standard InChI is InChI=1S/C7H10F2O/c1-3-4-5-6-10-7(2,8)9/h5-6H2,1-2H3. The Morgan fingerprint density at radius 2 is 2.10 bits per heavy atom. The molecule has 3 heteroatoms. The van der Waals surface area contributed by atoms with Crippen molar-refractivity contribution in [3.63, 3.8) is 0 Å². The first-order valence-corrected chi connectivity index (χ1v) is 2.97. The molecule has 0 heterocycles. The molecule has 0 saturated carbocycles. The van der Waals surface area contributed by atoms with Crippen molar-refractivity contribution in [3.05, 3.63) is 0 Å². The predicted octanol–water partition coefficient (Wildman–Crippen LogP) is 2.03. The molecule has 0 aromatic heterocycles. The van der Waals surface area contributed by atoms with Crippen LogP contribution in [0.2, 0.25) is 0 Å². The van der Waals surface area contributed by atoms with Gasteiger partial charge in [0, 0.05) is 13.3 Å². The van der Waals surface area contributed by atoms with E-state index in [0.717, 1.165) is 0 Å². The van der Waals surface area contributed by atoms with Crippen LogP contribution < -0.4 is 0 Å². The van der Waals surface area contributed by atoms with Crippen LogP contribution in [0, 0.1) is 11.8 Å². The fraction of sp³-hybridized carbons (Fsp3) is 0.714. The van der Waals surface area contributed by atoms with Crippen molar-refractivity contribution < 1.29 is 13.5 Å². The molecule has 10 heavy (non-hydrogen) atoms. The van der Waals surface area contributed by atoms with Gasteiger partial charge >= 0.3 is 6.11 Å². The highest BCUT2D eigenvalue weighted by Crippen LogP contribution is 2.12. The van der Waals surface area contributed by atoms with Gasteiger partial charge in [0.2, 0.25) is 0 Å². The van der Waals surface area contributed by atoms with Crippen molar-refractivity contribution in [2.45, 2.75) is 26.4 Å². The summed E-state index contributed by atoms with van der Waals surface area (Å²) in [5.41, 5.74) is 0. The Morgan fingerprint density at radius 1 is 1.50 bits per heavy atom. The van der Waals surface area contributed by atoms with Crippen molar-refractivity contribution in [1.82, 2.24) is 0 Å². The van der Waals surface area contributed by atoms with Crippen molar-refractivity contribution in [3.8, 4) is 11.8 Å². The van der Waals surface area contributed by atoms with E-state index in [-0.39, 0.29) is 6.61 Å². The Kier molecular flexibility index (Phi) is 3.97. The monoisotopic (exact) mass is 148 g/mol. The summed E-state index contributed by atoms with van der Waals surface area (Å²) in [6.45, 7) is 2.36. The first-order valence-electron chi connectivity index (χ1n) is 2.97. The second kappa shape index (κ2) is 4.24. The topological polar surface area (TPSA) is 9.23 Å². The van der Waals surface area contributed by atoms with Gasteiger partial charge in [0.15, 0.2) is 0 Å². The average molecular weight is 148 g/mol. The molecule has 0 aliphatic rings. The quantitative estimate of drug-likeness (QED) is 0.439. The second-order valence-electron chi connectivity index (χ2n) is 1.83. The van der Waals surface area contributed by atoms with E-state index in [1.807, 2.05) is 0 Å². The lowest BCUT2D eigenvalue weighted by Gasteiger charge is -2.08. The van der Waals surface area contributed by atoms with Crippen LogP contribution >= 0.6 is 0 Å². The maximum absolute atomic E-state index is 11.9. The van der Waals surface area contributed by atoms with Crippen LogP contribution in [-0.4, -0.2) is 12.7 Å². The van der Waals surface area contributed by atoms with Gasteiger partial charge in [-0.2, -0.15) is 8.78 Å². The van der Waals surface area contributed by atoms with Gasteiger partial charge in [0.1, 0.15) is 0 Å². The zero-order valence-corrected chi connectivity index (χ0v) is 6.08. The molecule has 0 amide bonds. The van der Waals surface area contributed by atoms with E-state index in [0.29, 0.717) is 13.3 Å². The third-order valence-electron chi connectivity index (χ3n) is 0.759. The van der Waals surface area contributed by atoms with E-state index in [4.69, 9.17) is 0 Å². The lowest BCUT2D eigenvalue weighted by molar-refractivity contribution is -0.222. The van der Waals surface area contributed by atoms with Crippen LogP contribution in [0.25, 0.3) is 0 Å². The van der Waals surface area contributed by atoms with E-state index >= 15 is 0 Å². The summed E-state index contributed by atoms with van der Waals surface area (Å²) in [5, 5.41) is 0. The van der Waals surface area contributed by atoms with Gasteiger partial charge in [0.05, 0.1) is 6.61 Å².